The maximum Gasteiger partial charge on any atom is 0.321 e. The van der Waals surface area contributed by atoms with Gasteiger partial charge in [0, 0.05) is 39.3 Å². The lowest BCUT2D eigenvalue weighted by molar-refractivity contribution is -0.121. The average molecular weight is 282 g/mol. The molecule has 1 aliphatic heterocycles. The highest BCUT2D eigenvalue weighted by atomic mass is 16.2. The molecule has 1 heterocycles. The summed E-state index contributed by atoms with van der Waals surface area (Å²) < 4.78 is 0. The molecule has 3 amide bonds. The van der Waals surface area contributed by atoms with E-state index in [4.69, 9.17) is 0 Å². The summed E-state index contributed by atoms with van der Waals surface area (Å²) >= 11 is 0. The fourth-order valence-corrected chi connectivity index (χ4v) is 2.22. The molecular formula is C14H26N4O2. The molecule has 0 radical (unpaired) electrons. The quantitative estimate of drug-likeness (QED) is 0.687. The third-order valence-corrected chi connectivity index (χ3v) is 3.12. The highest BCUT2D eigenvalue weighted by Crippen LogP contribution is 2.04. The van der Waals surface area contributed by atoms with E-state index in [1.54, 1.807) is 6.08 Å². The van der Waals surface area contributed by atoms with Gasteiger partial charge in [-0.1, -0.05) is 19.9 Å². The van der Waals surface area contributed by atoms with E-state index >= 15 is 0 Å². The summed E-state index contributed by atoms with van der Waals surface area (Å²) in [6.45, 7) is 13.3. The molecule has 2 N–H and O–H groups in total. The first-order chi connectivity index (χ1) is 9.51. The van der Waals surface area contributed by atoms with Crippen molar-refractivity contribution in [1.29, 1.82) is 0 Å². The van der Waals surface area contributed by atoms with Crippen molar-refractivity contribution < 1.29 is 9.59 Å². The van der Waals surface area contributed by atoms with E-state index in [-0.39, 0.29) is 12.5 Å². The zero-order valence-electron chi connectivity index (χ0n) is 12.5. The predicted octanol–water partition coefficient (Wildman–Crippen LogP) is 0.272. The lowest BCUT2D eigenvalue weighted by Crippen LogP contribution is -2.51. The van der Waals surface area contributed by atoms with Crippen molar-refractivity contribution in [3.05, 3.63) is 12.7 Å². The van der Waals surface area contributed by atoms with Gasteiger partial charge in [-0.25, -0.2) is 4.79 Å². The second-order valence-corrected chi connectivity index (χ2v) is 5.52. The van der Waals surface area contributed by atoms with Crippen LogP contribution in [0.4, 0.5) is 4.79 Å². The highest BCUT2D eigenvalue weighted by Gasteiger charge is 2.19. The minimum atomic E-state index is -0.464. The molecule has 20 heavy (non-hydrogen) atoms. The number of carbonyl (C=O) groups excluding carboxylic acids is 2. The first kappa shape index (κ1) is 16.7. The molecule has 0 unspecified atom stereocenters. The van der Waals surface area contributed by atoms with Crippen LogP contribution in [0.5, 0.6) is 0 Å². The van der Waals surface area contributed by atoms with Crippen molar-refractivity contribution >= 4 is 11.9 Å². The summed E-state index contributed by atoms with van der Waals surface area (Å²) in [5.74, 6) is 0.405. The summed E-state index contributed by atoms with van der Waals surface area (Å²) in [5, 5.41) is 4.83. The van der Waals surface area contributed by atoms with Gasteiger partial charge in [-0.2, -0.15) is 0 Å². The third-order valence-electron chi connectivity index (χ3n) is 3.12. The van der Waals surface area contributed by atoms with Crippen LogP contribution in [0.3, 0.4) is 0 Å². The van der Waals surface area contributed by atoms with Crippen LogP contribution < -0.4 is 10.6 Å². The Balaban J connectivity index is 2.21. The molecule has 0 aromatic carbocycles. The highest BCUT2D eigenvalue weighted by molar-refractivity contribution is 5.95. The Bertz CT molecular complexity index is 336. The number of piperazine rings is 1. The van der Waals surface area contributed by atoms with Crippen LogP contribution in [-0.4, -0.2) is 67.6 Å². The first-order valence-corrected chi connectivity index (χ1v) is 7.14. The van der Waals surface area contributed by atoms with Crippen LogP contribution in [0.1, 0.15) is 13.8 Å². The monoisotopic (exact) mass is 282 g/mol. The largest absolute Gasteiger partial charge is 0.334 e. The van der Waals surface area contributed by atoms with E-state index in [0.29, 0.717) is 12.5 Å². The minimum absolute atomic E-state index is 0.260. The van der Waals surface area contributed by atoms with Crippen molar-refractivity contribution in [2.24, 2.45) is 5.92 Å². The Morgan fingerprint density at radius 2 is 1.80 bits per heavy atom. The number of amides is 3. The molecule has 0 spiro atoms. The average Bonchev–Trinajstić information content (AvgIpc) is 2.38. The number of hydrogen-bond donors (Lipinski definition) is 2. The molecule has 114 valence electrons. The maximum absolute atomic E-state index is 11.7. The molecule has 1 rings (SSSR count). The zero-order valence-corrected chi connectivity index (χ0v) is 12.5. The molecule has 0 atom stereocenters. The summed E-state index contributed by atoms with van der Waals surface area (Å²) in [4.78, 5) is 27.5. The number of urea groups is 1. The molecule has 1 fully saturated rings. The molecule has 0 bridgehead atoms. The van der Waals surface area contributed by atoms with E-state index < -0.39 is 6.03 Å². The van der Waals surface area contributed by atoms with E-state index in [2.05, 4.69) is 40.9 Å². The van der Waals surface area contributed by atoms with E-state index in [0.717, 1.165) is 32.7 Å². The van der Waals surface area contributed by atoms with Crippen LogP contribution in [0.2, 0.25) is 0 Å². The number of rotatable bonds is 6. The normalized spacial score (nSPS) is 16.9. The van der Waals surface area contributed by atoms with Crippen molar-refractivity contribution in [1.82, 2.24) is 20.4 Å². The fourth-order valence-electron chi connectivity index (χ4n) is 2.22. The van der Waals surface area contributed by atoms with Gasteiger partial charge in [-0.3, -0.25) is 15.0 Å². The molecule has 0 aromatic heterocycles. The Morgan fingerprint density at radius 3 is 2.35 bits per heavy atom. The van der Waals surface area contributed by atoms with Gasteiger partial charge in [-0.15, -0.1) is 6.58 Å². The smallest absolute Gasteiger partial charge is 0.321 e. The zero-order chi connectivity index (χ0) is 15.0. The van der Waals surface area contributed by atoms with Crippen LogP contribution in [0.25, 0.3) is 0 Å². The second kappa shape index (κ2) is 8.71. The number of nitrogens with one attached hydrogen (secondary N) is 2. The minimum Gasteiger partial charge on any atom is -0.334 e. The van der Waals surface area contributed by atoms with E-state index in [1.807, 2.05) is 0 Å². The maximum atomic E-state index is 11.7. The van der Waals surface area contributed by atoms with Crippen LogP contribution in [-0.2, 0) is 4.79 Å². The molecule has 6 nitrogen and oxygen atoms in total. The van der Waals surface area contributed by atoms with E-state index in [9.17, 15) is 9.59 Å². The van der Waals surface area contributed by atoms with Crippen LogP contribution in [0.15, 0.2) is 12.7 Å². The third kappa shape index (κ3) is 6.68. The van der Waals surface area contributed by atoms with Gasteiger partial charge < -0.3 is 10.2 Å². The summed E-state index contributed by atoms with van der Waals surface area (Å²) in [6, 6.07) is -0.464. The van der Waals surface area contributed by atoms with E-state index in [1.165, 1.54) is 0 Å². The molecule has 0 aromatic rings. The number of carbonyl (C=O) groups is 2. The Hall–Kier alpha value is -1.40. The summed E-state index contributed by atoms with van der Waals surface area (Å²) in [5.41, 5.74) is 0. The summed E-state index contributed by atoms with van der Waals surface area (Å²) in [7, 11) is 0. The number of hydrogen-bond acceptors (Lipinski definition) is 4. The second-order valence-electron chi connectivity index (χ2n) is 5.52. The van der Waals surface area contributed by atoms with Gasteiger partial charge in [0.05, 0.1) is 6.54 Å². The van der Waals surface area contributed by atoms with Gasteiger partial charge in [0.1, 0.15) is 0 Å². The SMILES string of the molecule is C=CCNC(=O)NC(=O)CN1CCN(CC(C)C)CC1. The Kier molecular flexibility index (Phi) is 7.25. The molecular weight excluding hydrogens is 256 g/mol. The molecule has 1 aliphatic rings. The fraction of sp³-hybridized carbons (Fsp3) is 0.714. The lowest BCUT2D eigenvalue weighted by atomic mass is 10.2. The van der Waals surface area contributed by atoms with Crippen molar-refractivity contribution in [3.63, 3.8) is 0 Å². The van der Waals surface area contributed by atoms with Crippen molar-refractivity contribution in [2.75, 3.05) is 45.8 Å². The predicted molar refractivity (Wildman–Crippen MR) is 79.5 cm³/mol. The Labute approximate surface area is 121 Å². The molecule has 0 aliphatic carbocycles. The van der Waals surface area contributed by atoms with Gasteiger partial charge in [0.15, 0.2) is 0 Å². The van der Waals surface area contributed by atoms with Gasteiger partial charge in [0.25, 0.3) is 0 Å². The van der Waals surface area contributed by atoms with Crippen LogP contribution >= 0.6 is 0 Å². The number of nitrogens with zero attached hydrogens (tertiary/aromatic N) is 2. The molecule has 0 saturated carbocycles. The van der Waals surface area contributed by atoms with Crippen molar-refractivity contribution in [2.45, 2.75) is 13.8 Å². The van der Waals surface area contributed by atoms with Gasteiger partial charge >= 0.3 is 6.03 Å². The van der Waals surface area contributed by atoms with Gasteiger partial charge in [-0.05, 0) is 5.92 Å². The Morgan fingerprint density at radius 1 is 1.20 bits per heavy atom. The van der Waals surface area contributed by atoms with Crippen molar-refractivity contribution in [3.8, 4) is 0 Å². The van der Waals surface area contributed by atoms with Gasteiger partial charge in [0.2, 0.25) is 5.91 Å². The summed E-state index contributed by atoms with van der Waals surface area (Å²) in [6.07, 6.45) is 1.57. The van der Waals surface area contributed by atoms with Crippen LogP contribution in [0, 0.1) is 5.92 Å². The molecule has 1 saturated heterocycles. The standard InChI is InChI=1S/C14H26N4O2/c1-4-5-15-14(20)16-13(19)11-18-8-6-17(7-9-18)10-12(2)3/h4,12H,1,5-11H2,2-3H3,(H2,15,16,19,20). The molecule has 6 heteroatoms. The number of imide groups is 1. The lowest BCUT2D eigenvalue weighted by Gasteiger charge is -2.35. The first-order valence-electron chi connectivity index (χ1n) is 7.14. The topological polar surface area (TPSA) is 64.7 Å².